The number of hydrogen-bond acceptors (Lipinski definition) is 5. The monoisotopic (exact) mass is 341 g/mol. The molecule has 0 unspecified atom stereocenters. The van der Waals surface area contributed by atoms with Gasteiger partial charge in [-0.15, -0.1) is 11.8 Å². The minimum atomic E-state index is -0.0211. The molecule has 0 spiro atoms. The number of rotatable bonds is 4. The molecule has 1 aliphatic heterocycles. The molecule has 0 aliphatic carbocycles. The van der Waals surface area contributed by atoms with E-state index in [-0.39, 0.29) is 5.12 Å². The van der Waals surface area contributed by atoms with Crippen LogP contribution in [0.25, 0.3) is 6.08 Å². The van der Waals surface area contributed by atoms with Crippen LogP contribution in [0.4, 0.5) is 0 Å². The minimum absolute atomic E-state index is 0.0211. The fourth-order valence-corrected chi connectivity index (χ4v) is 3.35. The van der Waals surface area contributed by atoms with Crippen molar-refractivity contribution in [2.24, 2.45) is 4.99 Å². The molecular weight excluding hydrogens is 326 g/mol. The summed E-state index contributed by atoms with van der Waals surface area (Å²) in [5, 5.41) is -0.0211. The maximum absolute atomic E-state index is 12.0. The number of thioether (sulfide) groups is 2. The Morgan fingerprint density at radius 2 is 1.87 bits per heavy atom. The number of hydrogen-bond donors (Lipinski definition) is 0. The topological polar surface area (TPSA) is 38.7 Å². The van der Waals surface area contributed by atoms with E-state index in [1.807, 2.05) is 60.9 Å². The molecule has 116 valence electrons. The van der Waals surface area contributed by atoms with Gasteiger partial charge in [0.2, 0.25) is 5.12 Å². The number of carbonyl (C=O) groups is 1. The molecule has 0 atom stereocenters. The van der Waals surface area contributed by atoms with E-state index < -0.39 is 0 Å². The Morgan fingerprint density at radius 1 is 1.13 bits per heavy atom. The van der Waals surface area contributed by atoms with E-state index in [0.717, 1.165) is 21.3 Å². The molecule has 2 aromatic carbocycles. The third kappa shape index (κ3) is 4.06. The molecule has 3 nitrogen and oxygen atoms in total. The van der Waals surface area contributed by atoms with Crippen LogP contribution in [0.15, 0.2) is 65.3 Å². The van der Waals surface area contributed by atoms with E-state index in [0.29, 0.717) is 12.3 Å². The van der Waals surface area contributed by atoms with Gasteiger partial charge in [-0.3, -0.25) is 4.79 Å². The Hall–Kier alpha value is -1.98. The first-order valence-electron chi connectivity index (χ1n) is 7.08. The van der Waals surface area contributed by atoms with E-state index in [1.54, 1.807) is 6.08 Å². The van der Waals surface area contributed by atoms with Crippen LogP contribution in [0.5, 0.6) is 5.75 Å². The van der Waals surface area contributed by atoms with E-state index in [1.165, 1.54) is 23.5 Å². The normalized spacial score (nSPS) is 15.8. The second kappa shape index (κ2) is 7.53. The Bertz CT molecular complexity index is 770. The van der Waals surface area contributed by atoms with Crippen LogP contribution in [0.3, 0.4) is 0 Å². The van der Waals surface area contributed by atoms with Crippen molar-refractivity contribution in [1.29, 1.82) is 0 Å². The van der Waals surface area contributed by atoms with Crippen LogP contribution in [0, 0.1) is 0 Å². The fourth-order valence-electron chi connectivity index (χ4n) is 2.09. The highest BCUT2D eigenvalue weighted by atomic mass is 32.2. The maximum atomic E-state index is 12.0. The predicted molar refractivity (Wildman–Crippen MR) is 98.7 cm³/mol. The number of carbonyl (C=O) groups excluding carboxylic acids is 1. The molecular formula is C18H15NO2S2. The van der Waals surface area contributed by atoms with Crippen LogP contribution < -0.4 is 4.74 Å². The zero-order chi connectivity index (χ0) is 16.1. The lowest BCUT2D eigenvalue weighted by atomic mass is 10.1. The van der Waals surface area contributed by atoms with E-state index in [2.05, 4.69) is 4.99 Å². The first-order valence-corrected chi connectivity index (χ1v) is 9.12. The van der Waals surface area contributed by atoms with Crippen LogP contribution in [-0.2, 0) is 11.4 Å². The van der Waals surface area contributed by atoms with Crippen molar-refractivity contribution in [3.8, 4) is 5.75 Å². The number of para-hydroxylation sites is 1. The van der Waals surface area contributed by atoms with Gasteiger partial charge in [0.15, 0.2) is 0 Å². The summed E-state index contributed by atoms with van der Waals surface area (Å²) in [5.74, 6) is 0.745. The van der Waals surface area contributed by atoms with Crippen LogP contribution in [0.1, 0.15) is 11.1 Å². The lowest BCUT2D eigenvalue weighted by Gasteiger charge is -2.09. The zero-order valence-corrected chi connectivity index (χ0v) is 14.2. The Labute approximate surface area is 143 Å². The molecule has 23 heavy (non-hydrogen) atoms. The molecule has 0 saturated carbocycles. The maximum Gasteiger partial charge on any atom is 0.244 e. The molecule has 0 N–H and O–H groups in total. The van der Waals surface area contributed by atoms with Crippen molar-refractivity contribution in [3.05, 3.63) is 71.4 Å². The van der Waals surface area contributed by atoms with Gasteiger partial charge in [-0.25, -0.2) is 4.99 Å². The number of aliphatic imine (C=N–C) groups is 1. The van der Waals surface area contributed by atoms with Crippen molar-refractivity contribution in [3.63, 3.8) is 0 Å². The second-order valence-electron chi connectivity index (χ2n) is 4.81. The van der Waals surface area contributed by atoms with Gasteiger partial charge in [0.25, 0.3) is 0 Å². The highest BCUT2D eigenvalue weighted by Gasteiger charge is 2.21. The van der Waals surface area contributed by atoms with Crippen molar-refractivity contribution >= 4 is 39.1 Å². The van der Waals surface area contributed by atoms with Crippen LogP contribution in [0.2, 0.25) is 0 Å². The summed E-state index contributed by atoms with van der Waals surface area (Å²) in [4.78, 5) is 16.3. The summed E-state index contributed by atoms with van der Waals surface area (Å²) in [5.41, 5.74) is 2.43. The van der Waals surface area contributed by atoms with Crippen molar-refractivity contribution in [2.45, 2.75) is 6.61 Å². The standard InChI is InChI=1S/C18H15NO2S2/c1-22-18-19-15(17(20)23-18)11-14-9-5-6-10-16(14)21-12-13-7-3-2-4-8-13/h2-11H,12H2,1H3/b15-11-. The van der Waals surface area contributed by atoms with Gasteiger partial charge >= 0.3 is 0 Å². The largest absolute Gasteiger partial charge is 0.488 e. The van der Waals surface area contributed by atoms with Crippen LogP contribution in [-0.4, -0.2) is 15.7 Å². The minimum Gasteiger partial charge on any atom is -0.488 e. The number of benzene rings is 2. The summed E-state index contributed by atoms with van der Waals surface area (Å²) >= 11 is 2.66. The summed E-state index contributed by atoms with van der Waals surface area (Å²) in [6, 6.07) is 17.7. The van der Waals surface area contributed by atoms with Crippen molar-refractivity contribution < 1.29 is 9.53 Å². The quantitative estimate of drug-likeness (QED) is 0.762. The molecule has 5 heteroatoms. The summed E-state index contributed by atoms with van der Waals surface area (Å²) < 4.78 is 6.69. The zero-order valence-electron chi connectivity index (χ0n) is 12.6. The van der Waals surface area contributed by atoms with Gasteiger partial charge in [0.1, 0.15) is 22.4 Å². The Morgan fingerprint density at radius 3 is 2.61 bits per heavy atom. The van der Waals surface area contributed by atoms with Gasteiger partial charge in [0.05, 0.1) is 0 Å². The molecule has 0 fully saturated rings. The van der Waals surface area contributed by atoms with Gasteiger partial charge in [0, 0.05) is 5.56 Å². The average molecular weight is 341 g/mol. The number of nitrogens with zero attached hydrogens (tertiary/aromatic N) is 1. The SMILES string of the molecule is CSC1=N/C(=C\c2ccccc2OCc2ccccc2)C(=O)S1. The van der Waals surface area contributed by atoms with E-state index in [9.17, 15) is 4.79 Å². The van der Waals surface area contributed by atoms with Gasteiger partial charge < -0.3 is 4.74 Å². The lowest BCUT2D eigenvalue weighted by Crippen LogP contribution is -1.97. The van der Waals surface area contributed by atoms with Crippen molar-refractivity contribution in [2.75, 3.05) is 6.26 Å². The van der Waals surface area contributed by atoms with E-state index in [4.69, 9.17) is 4.74 Å². The van der Waals surface area contributed by atoms with Gasteiger partial charge in [-0.2, -0.15) is 0 Å². The predicted octanol–water partition coefficient (Wildman–Crippen LogP) is 4.60. The summed E-state index contributed by atoms with van der Waals surface area (Å²) in [6.45, 7) is 0.489. The molecule has 0 saturated heterocycles. The molecule has 0 aromatic heterocycles. The Kier molecular flexibility index (Phi) is 5.20. The first-order chi connectivity index (χ1) is 11.3. The molecule has 0 bridgehead atoms. The third-order valence-corrected chi connectivity index (χ3v) is 5.07. The molecule has 1 aliphatic rings. The highest BCUT2D eigenvalue weighted by Crippen LogP contribution is 2.31. The van der Waals surface area contributed by atoms with Crippen LogP contribution >= 0.6 is 23.5 Å². The van der Waals surface area contributed by atoms with Crippen molar-refractivity contribution in [1.82, 2.24) is 0 Å². The van der Waals surface area contributed by atoms with E-state index >= 15 is 0 Å². The molecule has 1 heterocycles. The fraction of sp³-hybridized carbons (Fsp3) is 0.111. The van der Waals surface area contributed by atoms with Gasteiger partial charge in [-0.1, -0.05) is 48.5 Å². The summed E-state index contributed by atoms with van der Waals surface area (Å²) in [6.07, 6.45) is 3.71. The molecule has 0 radical (unpaired) electrons. The highest BCUT2D eigenvalue weighted by molar-refractivity contribution is 8.45. The lowest BCUT2D eigenvalue weighted by molar-refractivity contribution is -0.107. The molecule has 2 aromatic rings. The third-order valence-electron chi connectivity index (χ3n) is 3.22. The smallest absolute Gasteiger partial charge is 0.244 e. The molecule has 0 amide bonds. The second-order valence-corrected chi connectivity index (χ2v) is 6.83. The average Bonchev–Trinajstić information content (AvgIpc) is 2.95. The molecule has 3 rings (SSSR count). The summed E-state index contributed by atoms with van der Waals surface area (Å²) in [7, 11) is 0. The van der Waals surface area contributed by atoms with Gasteiger partial charge in [-0.05, 0) is 35.7 Å². The first kappa shape index (κ1) is 15.9. The Balaban J connectivity index is 1.81. The number of ether oxygens (including phenoxy) is 1.